The Morgan fingerprint density at radius 3 is 2.37 bits per heavy atom. The van der Waals surface area contributed by atoms with Gasteiger partial charge in [0, 0.05) is 5.56 Å². The van der Waals surface area contributed by atoms with E-state index >= 15 is 0 Å². The predicted octanol–water partition coefficient (Wildman–Crippen LogP) is 3.91. The van der Waals surface area contributed by atoms with Crippen molar-refractivity contribution in [1.82, 2.24) is 0 Å². The highest BCUT2D eigenvalue weighted by molar-refractivity contribution is 5.69. The molecule has 1 aliphatic heterocycles. The minimum absolute atomic E-state index is 0.276. The Hall–Kier alpha value is -2.29. The smallest absolute Gasteiger partial charge is 0.161 e. The summed E-state index contributed by atoms with van der Waals surface area (Å²) in [7, 11) is 0. The Morgan fingerprint density at radius 1 is 0.947 bits per heavy atom. The molecule has 2 aromatic rings. The first-order valence-electron chi connectivity index (χ1n) is 6.10. The number of hydrogen-bond acceptors (Lipinski definition) is 2. The lowest BCUT2D eigenvalue weighted by Crippen LogP contribution is -2.15. The number of fused-ring (bicyclic) bond motifs is 1. The topological polar surface area (TPSA) is 18.5 Å². The minimum Gasteiger partial charge on any atom is -0.486 e. The second-order valence-corrected chi connectivity index (χ2v) is 4.30. The van der Waals surface area contributed by atoms with Crippen LogP contribution in [-0.4, -0.2) is 13.2 Å². The van der Waals surface area contributed by atoms with E-state index in [0.29, 0.717) is 24.5 Å². The Morgan fingerprint density at radius 2 is 1.63 bits per heavy atom. The Bertz CT molecular complexity index is 635. The molecule has 0 saturated heterocycles. The maximum Gasteiger partial charge on any atom is 0.161 e. The van der Waals surface area contributed by atoms with E-state index < -0.39 is 0 Å². The molecule has 0 aromatic heterocycles. The van der Waals surface area contributed by atoms with Gasteiger partial charge in [-0.25, -0.2) is 4.39 Å². The summed E-state index contributed by atoms with van der Waals surface area (Å²) < 4.78 is 24.7. The van der Waals surface area contributed by atoms with Crippen molar-refractivity contribution >= 4 is 6.08 Å². The highest BCUT2D eigenvalue weighted by atomic mass is 19.1. The van der Waals surface area contributed by atoms with Crippen molar-refractivity contribution in [3.8, 4) is 22.6 Å². The summed E-state index contributed by atoms with van der Waals surface area (Å²) in [5, 5.41) is 0. The average molecular weight is 256 g/mol. The van der Waals surface area contributed by atoms with E-state index in [9.17, 15) is 4.39 Å². The van der Waals surface area contributed by atoms with Crippen LogP contribution in [0.4, 0.5) is 4.39 Å². The van der Waals surface area contributed by atoms with E-state index in [2.05, 4.69) is 6.58 Å². The summed E-state index contributed by atoms with van der Waals surface area (Å²) in [5.74, 6) is 1.16. The molecule has 1 heterocycles. The molecule has 0 saturated carbocycles. The summed E-state index contributed by atoms with van der Waals surface area (Å²) >= 11 is 0. The van der Waals surface area contributed by atoms with Crippen LogP contribution in [0.5, 0.6) is 11.5 Å². The summed E-state index contributed by atoms with van der Waals surface area (Å²) in [6.07, 6.45) is 1.50. The van der Waals surface area contributed by atoms with E-state index in [1.807, 2.05) is 24.3 Å². The van der Waals surface area contributed by atoms with Gasteiger partial charge in [0.2, 0.25) is 0 Å². The zero-order valence-electron chi connectivity index (χ0n) is 10.4. The normalized spacial score (nSPS) is 13.1. The fourth-order valence-electron chi connectivity index (χ4n) is 2.10. The molecule has 3 heteroatoms. The lowest BCUT2D eigenvalue weighted by Gasteiger charge is -2.19. The molecule has 0 amide bonds. The summed E-state index contributed by atoms with van der Waals surface area (Å²) in [6.45, 7) is 4.68. The SMILES string of the molecule is C=Cc1ccc(-c2ccc3c(c2)OCCO3)cc1F. The molecule has 0 bridgehead atoms. The number of rotatable bonds is 2. The molecule has 0 atom stereocenters. The summed E-state index contributed by atoms with van der Waals surface area (Å²) in [5.41, 5.74) is 2.21. The van der Waals surface area contributed by atoms with Gasteiger partial charge in [0.15, 0.2) is 11.5 Å². The van der Waals surface area contributed by atoms with Crippen LogP contribution in [0.1, 0.15) is 5.56 Å². The van der Waals surface area contributed by atoms with Gasteiger partial charge in [-0.05, 0) is 29.3 Å². The molecule has 2 aromatic carbocycles. The number of benzene rings is 2. The molecular formula is C16H13FO2. The van der Waals surface area contributed by atoms with Gasteiger partial charge in [0.25, 0.3) is 0 Å². The number of ether oxygens (including phenoxy) is 2. The number of hydrogen-bond donors (Lipinski definition) is 0. The summed E-state index contributed by atoms with van der Waals surface area (Å²) in [6, 6.07) is 10.7. The molecule has 0 aliphatic carbocycles. The highest BCUT2D eigenvalue weighted by Gasteiger charge is 2.12. The van der Waals surface area contributed by atoms with Crippen molar-refractivity contribution in [2.75, 3.05) is 13.2 Å². The van der Waals surface area contributed by atoms with Crippen molar-refractivity contribution in [2.45, 2.75) is 0 Å². The van der Waals surface area contributed by atoms with Gasteiger partial charge < -0.3 is 9.47 Å². The molecule has 0 fully saturated rings. The van der Waals surface area contributed by atoms with Crippen LogP contribution in [0.25, 0.3) is 17.2 Å². The van der Waals surface area contributed by atoms with Gasteiger partial charge >= 0.3 is 0 Å². The van der Waals surface area contributed by atoms with Crippen LogP contribution in [-0.2, 0) is 0 Å². The fraction of sp³-hybridized carbons (Fsp3) is 0.125. The van der Waals surface area contributed by atoms with Gasteiger partial charge in [0.05, 0.1) is 0 Å². The van der Waals surface area contributed by atoms with Crippen LogP contribution in [0, 0.1) is 5.82 Å². The zero-order chi connectivity index (χ0) is 13.2. The average Bonchev–Trinajstić information content (AvgIpc) is 2.46. The highest BCUT2D eigenvalue weighted by Crippen LogP contribution is 2.34. The molecule has 3 rings (SSSR count). The van der Waals surface area contributed by atoms with Crippen LogP contribution >= 0.6 is 0 Å². The molecule has 0 N–H and O–H groups in total. The maximum absolute atomic E-state index is 13.7. The third kappa shape index (κ3) is 2.19. The quantitative estimate of drug-likeness (QED) is 0.811. The molecule has 1 aliphatic rings. The predicted molar refractivity (Wildman–Crippen MR) is 72.9 cm³/mol. The van der Waals surface area contributed by atoms with E-state index in [1.54, 1.807) is 6.07 Å². The Kier molecular flexibility index (Phi) is 2.95. The monoisotopic (exact) mass is 256 g/mol. The third-order valence-corrected chi connectivity index (χ3v) is 3.10. The standard InChI is InChI=1S/C16H13FO2/c1-2-11-3-4-12(9-14(11)17)13-5-6-15-16(10-13)19-8-7-18-15/h2-6,9-10H,1,7-8H2. The van der Waals surface area contributed by atoms with Crippen molar-refractivity contribution in [3.63, 3.8) is 0 Å². The van der Waals surface area contributed by atoms with E-state index in [-0.39, 0.29) is 5.82 Å². The minimum atomic E-state index is -0.276. The Labute approximate surface area is 111 Å². The molecule has 0 spiro atoms. The molecule has 96 valence electrons. The van der Waals surface area contributed by atoms with Crippen molar-refractivity contribution in [3.05, 3.63) is 54.4 Å². The lowest BCUT2D eigenvalue weighted by molar-refractivity contribution is 0.171. The Balaban J connectivity index is 2.02. The second-order valence-electron chi connectivity index (χ2n) is 4.30. The second kappa shape index (κ2) is 4.76. The van der Waals surface area contributed by atoms with Gasteiger partial charge in [-0.2, -0.15) is 0 Å². The van der Waals surface area contributed by atoms with Crippen molar-refractivity contribution in [2.24, 2.45) is 0 Å². The first kappa shape index (κ1) is 11.8. The van der Waals surface area contributed by atoms with E-state index in [0.717, 1.165) is 16.9 Å². The molecule has 2 nitrogen and oxygen atoms in total. The van der Waals surface area contributed by atoms with Crippen LogP contribution < -0.4 is 9.47 Å². The first-order valence-corrected chi connectivity index (χ1v) is 6.10. The van der Waals surface area contributed by atoms with Gasteiger partial charge in [-0.3, -0.25) is 0 Å². The first-order chi connectivity index (χ1) is 9.28. The van der Waals surface area contributed by atoms with Gasteiger partial charge in [-0.1, -0.05) is 30.9 Å². The largest absolute Gasteiger partial charge is 0.486 e. The lowest BCUT2D eigenvalue weighted by atomic mass is 10.0. The molecule has 19 heavy (non-hydrogen) atoms. The van der Waals surface area contributed by atoms with E-state index in [1.165, 1.54) is 12.1 Å². The van der Waals surface area contributed by atoms with Crippen LogP contribution in [0.15, 0.2) is 43.0 Å². The number of halogens is 1. The molecular weight excluding hydrogens is 243 g/mol. The third-order valence-electron chi connectivity index (χ3n) is 3.10. The molecule has 0 radical (unpaired) electrons. The van der Waals surface area contributed by atoms with Gasteiger partial charge in [0.1, 0.15) is 19.0 Å². The maximum atomic E-state index is 13.7. The van der Waals surface area contributed by atoms with Gasteiger partial charge in [-0.15, -0.1) is 0 Å². The van der Waals surface area contributed by atoms with Crippen molar-refractivity contribution < 1.29 is 13.9 Å². The van der Waals surface area contributed by atoms with Crippen LogP contribution in [0.2, 0.25) is 0 Å². The van der Waals surface area contributed by atoms with E-state index in [4.69, 9.17) is 9.47 Å². The van der Waals surface area contributed by atoms with Crippen LogP contribution in [0.3, 0.4) is 0 Å². The zero-order valence-corrected chi connectivity index (χ0v) is 10.4. The summed E-state index contributed by atoms with van der Waals surface area (Å²) in [4.78, 5) is 0. The fourth-order valence-corrected chi connectivity index (χ4v) is 2.10. The molecule has 0 unspecified atom stereocenters. The van der Waals surface area contributed by atoms with Crippen molar-refractivity contribution in [1.29, 1.82) is 0 Å².